The van der Waals surface area contributed by atoms with Gasteiger partial charge in [0.2, 0.25) is 0 Å². The van der Waals surface area contributed by atoms with Gasteiger partial charge in [-0.2, -0.15) is 5.10 Å². The number of rotatable bonds is 7. The average Bonchev–Trinajstić information content (AvgIpc) is 2.76. The predicted molar refractivity (Wildman–Crippen MR) is 59.1 cm³/mol. The van der Waals surface area contributed by atoms with Gasteiger partial charge in [-0.3, -0.25) is 4.68 Å². The van der Waals surface area contributed by atoms with Crippen molar-refractivity contribution in [3.63, 3.8) is 0 Å². The van der Waals surface area contributed by atoms with Crippen molar-refractivity contribution in [1.29, 1.82) is 0 Å². The Kier molecular flexibility index (Phi) is 5.56. The van der Waals surface area contributed by atoms with Crippen molar-refractivity contribution in [3.05, 3.63) is 18.0 Å². The van der Waals surface area contributed by atoms with Crippen LogP contribution >= 0.6 is 0 Å². The van der Waals surface area contributed by atoms with Gasteiger partial charge in [0.25, 0.3) is 0 Å². The van der Waals surface area contributed by atoms with Crippen LogP contribution in [0.15, 0.2) is 12.4 Å². The lowest BCUT2D eigenvalue weighted by Gasteiger charge is -2.00. The zero-order valence-corrected chi connectivity index (χ0v) is 9.56. The van der Waals surface area contributed by atoms with Crippen LogP contribution in [0, 0.1) is 0 Å². The Hall–Kier alpha value is -1.36. The standard InChI is InChI=1S/C11H18N2O3/c1-16-11(15)10-8-12-13(9-10)6-4-2-3-5-7-14/h8-9,14H,2-7H2,1H3. The third kappa shape index (κ3) is 4.02. The minimum absolute atomic E-state index is 0.258. The van der Waals surface area contributed by atoms with E-state index in [4.69, 9.17) is 5.11 Å². The van der Waals surface area contributed by atoms with Gasteiger partial charge in [0.1, 0.15) is 0 Å². The summed E-state index contributed by atoms with van der Waals surface area (Å²) < 4.78 is 6.33. The number of aliphatic hydroxyl groups is 1. The number of aliphatic hydroxyl groups excluding tert-OH is 1. The fraction of sp³-hybridized carbons (Fsp3) is 0.636. The van der Waals surface area contributed by atoms with E-state index in [1.54, 1.807) is 10.9 Å². The maximum absolute atomic E-state index is 11.1. The molecule has 1 heterocycles. The molecule has 90 valence electrons. The maximum Gasteiger partial charge on any atom is 0.341 e. The molecule has 1 aromatic heterocycles. The van der Waals surface area contributed by atoms with Crippen molar-refractivity contribution in [1.82, 2.24) is 9.78 Å². The number of hydrogen-bond acceptors (Lipinski definition) is 4. The van der Waals surface area contributed by atoms with Gasteiger partial charge in [-0.05, 0) is 12.8 Å². The second kappa shape index (κ2) is 7.00. The largest absolute Gasteiger partial charge is 0.465 e. The molecule has 1 rings (SSSR count). The van der Waals surface area contributed by atoms with Crippen LogP contribution in [-0.2, 0) is 11.3 Å². The highest BCUT2D eigenvalue weighted by Gasteiger charge is 2.07. The molecule has 0 saturated heterocycles. The predicted octanol–water partition coefficient (Wildman–Crippen LogP) is 1.22. The Labute approximate surface area is 95.0 Å². The Morgan fingerprint density at radius 2 is 2.19 bits per heavy atom. The first-order chi connectivity index (χ1) is 7.77. The number of aryl methyl sites for hydroxylation is 1. The van der Waals surface area contributed by atoms with Crippen LogP contribution in [0.3, 0.4) is 0 Å². The van der Waals surface area contributed by atoms with Crippen LogP contribution in [0.1, 0.15) is 36.0 Å². The van der Waals surface area contributed by atoms with Crippen LogP contribution in [-0.4, -0.2) is 34.6 Å². The van der Waals surface area contributed by atoms with E-state index >= 15 is 0 Å². The fourth-order valence-corrected chi connectivity index (χ4v) is 1.45. The molecule has 16 heavy (non-hydrogen) atoms. The van der Waals surface area contributed by atoms with Crippen molar-refractivity contribution in [2.75, 3.05) is 13.7 Å². The molecule has 1 N–H and O–H groups in total. The molecule has 0 amide bonds. The van der Waals surface area contributed by atoms with Crippen LogP contribution in [0.2, 0.25) is 0 Å². The summed E-state index contributed by atoms with van der Waals surface area (Å²) in [5, 5.41) is 12.7. The highest BCUT2D eigenvalue weighted by molar-refractivity contribution is 5.88. The lowest BCUT2D eigenvalue weighted by Crippen LogP contribution is -2.01. The molecule has 0 saturated carbocycles. The number of carbonyl (C=O) groups excluding carboxylic acids is 1. The number of unbranched alkanes of at least 4 members (excludes halogenated alkanes) is 3. The van der Waals surface area contributed by atoms with Crippen molar-refractivity contribution < 1.29 is 14.6 Å². The van der Waals surface area contributed by atoms with Gasteiger partial charge in [-0.25, -0.2) is 4.79 Å². The van der Waals surface area contributed by atoms with Crippen LogP contribution in [0.25, 0.3) is 0 Å². The van der Waals surface area contributed by atoms with E-state index in [2.05, 4.69) is 9.84 Å². The highest BCUT2D eigenvalue weighted by atomic mass is 16.5. The molecule has 0 atom stereocenters. The molecule has 0 aliphatic heterocycles. The Bertz CT molecular complexity index is 323. The van der Waals surface area contributed by atoms with E-state index in [9.17, 15) is 4.79 Å². The second-order valence-electron chi connectivity index (χ2n) is 3.62. The van der Waals surface area contributed by atoms with Crippen molar-refractivity contribution in [2.24, 2.45) is 0 Å². The van der Waals surface area contributed by atoms with Gasteiger partial charge in [-0.15, -0.1) is 0 Å². The molecule has 0 fully saturated rings. The van der Waals surface area contributed by atoms with Crippen LogP contribution in [0.4, 0.5) is 0 Å². The van der Waals surface area contributed by atoms with Gasteiger partial charge in [0.15, 0.2) is 0 Å². The lowest BCUT2D eigenvalue weighted by molar-refractivity contribution is 0.0600. The molecule has 0 aliphatic rings. The van der Waals surface area contributed by atoms with Crippen molar-refractivity contribution >= 4 is 5.97 Å². The molecule has 0 spiro atoms. The first-order valence-corrected chi connectivity index (χ1v) is 5.49. The number of methoxy groups -OCH3 is 1. The summed E-state index contributed by atoms with van der Waals surface area (Å²) in [4.78, 5) is 11.1. The van der Waals surface area contributed by atoms with E-state index in [0.29, 0.717) is 5.56 Å². The monoisotopic (exact) mass is 226 g/mol. The average molecular weight is 226 g/mol. The number of hydrogen-bond donors (Lipinski definition) is 1. The smallest absolute Gasteiger partial charge is 0.341 e. The van der Waals surface area contributed by atoms with Crippen LogP contribution < -0.4 is 0 Å². The summed E-state index contributed by atoms with van der Waals surface area (Å²) in [5.41, 5.74) is 0.484. The first kappa shape index (κ1) is 12.7. The minimum Gasteiger partial charge on any atom is -0.465 e. The Balaban J connectivity index is 2.27. The SMILES string of the molecule is COC(=O)c1cnn(CCCCCCO)c1. The fourth-order valence-electron chi connectivity index (χ4n) is 1.45. The summed E-state index contributed by atoms with van der Waals surface area (Å²) in [6, 6.07) is 0. The third-order valence-electron chi connectivity index (χ3n) is 2.35. The minimum atomic E-state index is -0.355. The van der Waals surface area contributed by atoms with Gasteiger partial charge in [0, 0.05) is 19.3 Å². The molecular weight excluding hydrogens is 208 g/mol. The normalized spacial score (nSPS) is 10.4. The Morgan fingerprint density at radius 3 is 2.88 bits per heavy atom. The number of esters is 1. The second-order valence-corrected chi connectivity index (χ2v) is 3.62. The number of carbonyl (C=O) groups is 1. The van der Waals surface area contributed by atoms with Crippen LogP contribution in [0.5, 0.6) is 0 Å². The molecule has 5 nitrogen and oxygen atoms in total. The van der Waals surface area contributed by atoms with Crippen molar-refractivity contribution in [2.45, 2.75) is 32.2 Å². The summed E-state index contributed by atoms with van der Waals surface area (Å²) in [6.07, 6.45) is 7.15. The first-order valence-electron chi connectivity index (χ1n) is 5.49. The highest BCUT2D eigenvalue weighted by Crippen LogP contribution is 2.04. The Morgan fingerprint density at radius 1 is 1.44 bits per heavy atom. The topological polar surface area (TPSA) is 64.3 Å². The zero-order valence-electron chi connectivity index (χ0n) is 9.56. The van der Waals surface area contributed by atoms with E-state index in [1.165, 1.54) is 13.3 Å². The summed E-state index contributed by atoms with van der Waals surface area (Å²) in [5.74, 6) is -0.355. The summed E-state index contributed by atoms with van der Waals surface area (Å²) >= 11 is 0. The van der Waals surface area contributed by atoms with Crippen molar-refractivity contribution in [3.8, 4) is 0 Å². The molecular formula is C11H18N2O3. The molecule has 0 aromatic carbocycles. The number of aromatic nitrogens is 2. The number of ether oxygens (including phenoxy) is 1. The zero-order chi connectivity index (χ0) is 11.8. The molecule has 0 unspecified atom stereocenters. The molecule has 0 radical (unpaired) electrons. The lowest BCUT2D eigenvalue weighted by atomic mass is 10.2. The maximum atomic E-state index is 11.1. The molecule has 0 aliphatic carbocycles. The van der Waals surface area contributed by atoms with Gasteiger partial charge >= 0.3 is 5.97 Å². The molecule has 1 aromatic rings. The summed E-state index contributed by atoms with van der Waals surface area (Å²) in [6.45, 7) is 1.05. The van der Waals surface area contributed by atoms with E-state index < -0.39 is 0 Å². The molecule has 5 heteroatoms. The molecule has 0 bridgehead atoms. The summed E-state index contributed by atoms with van der Waals surface area (Å²) in [7, 11) is 1.36. The van der Waals surface area contributed by atoms with Gasteiger partial charge < -0.3 is 9.84 Å². The van der Waals surface area contributed by atoms with Gasteiger partial charge in [0.05, 0.1) is 18.9 Å². The number of nitrogens with zero attached hydrogens (tertiary/aromatic N) is 2. The van der Waals surface area contributed by atoms with E-state index in [-0.39, 0.29) is 12.6 Å². The third-order valence-corrected chi connectivity index (χ3v) is 2.35. The van der Waals surface area contributed by atoms with Gasteiger partial charge in [-0.1, -0.05) is 12.8 Å². The quantitative estimate of drug-likeness (QED) is 0.561. The van der Waals surface area contributed by atoms with E-state index in [1.807, 2.05) is 0 Å². The van der Waals surface area contributed by atoms with E-state index in [0.717, 1.165) is 32.2 Å².